The molecular formula is C13H11BrN2O4S. The Kier molecular flexibility index (Phi) is 4.29. The summed E-state index contributed by atoms with van der Waals surface area (Å²) in [5, 5.41) is 19.2. The van der Waals surface area contributed by atoms with Crippen molar-refractivity contribution in [3.8, 4) is 5.75 Å². The summed E-state index contributed by atoms with van der Waals surface area (Å²) >= 11 is 4.15. The fourth-order valence-electron chi connectivity index (χ4n) is 1.79. The second-order valence-electron chi connectivity index (χ2n) is 4.28. The van der Waals surface area contributed by atoms with Crippen LogP contribution in [0.4, 0.5) is 5.00 Å². The van der Waals surface area contributed by atoms with Crippen LogP contribution in [0.5, 0.6) is 5.75 Å². The molecule has 2 aromatic rings. The number of hydrogen-bond donors (Lipinski definition) is 2. The summed E-state index contributed by atoms with van der Waals surface area (Å²) in [6.45, 7) is 1.57. The SMILES string of the molecule is Cc1nsc(N(C)C(=O)c2cc(Br)ccc2O)c1C(=O)O. The Morgan fingerprint density at radius 2 is 2.05 bits per heavy atom. The number of phenols is 1. The van der Waals surface area contributed by atoms with Crippen LogP contribution >= 0.6 is 27.5 Å². The van der Waals surface area contributed by atoms with E-state index in [-0.39, 0.29) is 21.9 Å². The highest BCUT2D eigenvalue weighted by atomic mass is 79.9. The van der Waals surface area contributed by atoms with Crippen LogP contribution in [0, 0.1) is 6.92 Å². The van der Waals surface area contributed by atoms with Gasteiger partial charge >= 0.3 is 5.97 Å². The summed E-state index contributed by atoms with van der Waals surface area (Å²) in [6.07, 6.45) is 0. The number of amides is 1. The van der Waals surface area contributed by atoms with Crippen molar-refractivity contribution in [1.29, 1.82) is 0 Å². The van der Waals surface area contributed by atoms with Crippen LogP contribution in [0.15, 0.2) is 22.7 Å². The second-order valence-corrected chi connectivity index (χ2v) is 5.95. The Balaban J connectivity index is 2.45. The third-order valence-electron chi connectivity index (χ3n) is 2.86. The van der Waals surface area contributed by atoms with Gasteiger partial charge in [0, 0.05) is 11.5 Å². The number of nitrogens with zero attached hydrogens (tertiary/aromatic N) is 2. The van der Waals surface area contributed by atoms with Crippen LogP contribution in [-0.4, -0.2) is 33.5 Å². The normalized spacial score (nSPS) is 10.4. The second kappa shape index (κ2) is 5.82. The van der Waals surface area contributed by atoms with E-state index in [2.05, 4.69) is 20.3 Å². The number of halogens is 1. The van der Waals surface area contributed by atoms with Crippen LogP contribution in [0.25, 0.3) is 0 Å². The molecule has 21 heavy (non-hydrogen) atoms. The van der Waals surface area contributed by atoms with Gasteiger partial charge in [-0.25, -0.2) is 4.79 Å². The fourth-order valence-corrected chi connectivity index (χ4v) is 2.99. The molecule has 2 rings (SSSR count). The van der Waals surface area contributed by atoms with E-state index in [0.29, 0.717) is 10.2 Å². The molecule has 8 heteroatoms. The standard InChI is InChI=1S/C13H11BrN2O4S/c1-6-10(13(19)20)12(21-15-6)16(2)11(18)8-5-7(14)3-4-9(8)17/h3-5,17H,1-2H3,(H,19,20). The lowest BCUT2D eigenvalue weighted by Gasteiger charge is -2.16. The van der Waals surface area contributed by atoms with Crippen LogP contribution in [-0.2, 0) is 0 Å². The monoisotopic (exact) mass is 370 g/mol. The zero-order chi connectivity index (χ0) is 15.7. The topological polar surface area (TPSA) is 90.7 Å². The summed E-state index contributed by atoms with van der Waals surface area (Å²) in [5.41, 5.74) is 0.417. The first kappa shape index (κ1) is 15.5. The molecule has 0 saturated heterocycles. The van der Waals surface area contributed by atoms with E-state index in [4.69, 9.17) is 0 Å². The van der Waals surface area contributed by atoms with E-state index in [1.165, 1.54) is 24.1 Å². The number of aromatic hydroxyl groups is 1. The summed E-state index contributed by atoms with van der Waals surface area (Å²) in [5.74, 6) is -1.83. The zero-order valence-corrected chi connectivity index (χ0v) is 13.5. The quantitative estimate of drug-likeness (QED) is 0.866. The number of anilines is 1. The van der Waals surface area contributed by atoms with Crippen molar-refractivity contribution in [2.24, 2.45) is 0 Å². The molecule has 0 aliphatic heterocycles. The van der Waals surface area contributed by atoms with Crippen LogP contribution in [0.2, 0.25) is 0 Å². The lowest BCUT2D eigenvalue weighted by atomic mass is 10.1. The first-order valence-corrected chi connectivity index (χ1v) is 7.35. The van der Waals surface area contributed by atoms with Gasteiger partial charge in [0.15, 0.2) is 0 Å². The van der Waals surface area contributed by atoms with Crippen molar-refractivity contribution in [3.05, 3.63) is 39.5 Å². The smallest absolute Gasteiger partial charge is 0.340 e. The first-order chi connectivity index (χ1) is 9.82. The Hall–Kier alpha value is -1.93. The van der Waals surface area contributed by atoms with Gasteiger partial charge in [0.2, 0.25) is 0 Å². The average molecular weight is 371 g/mol. The van der Waals surface area contributed by atoms with Crippen molar-refractivity contribution >= 4 is 44.3 Å². The largest absolute Gasteiger partial charge is 0.507 e. The Bertz CT molecular complexity index is 729. The number of carboxylic acids is 1. The molecule has 1 aromatic heterocycles. The summed E-state index contributed by atoms with van der Waals surface area (Å²) < 4.78 is 4.61. The Morgan fingerprint density at radius 3 is 2.67 bits per heavy atom. The van der Waals surface area contributed by atoms with E-state index in [0.717, 1.165) is 11.5 Å². The molecule has 0 aliphatic rings. The molecule has 110 valence electrons. The summed E-state index contributed by atoms with van der Waals surface area (Å²) in [4.78, 5) is 24.9. The molecule has 0 unspecified atom stereocenters. The molecule has 0 aliphatic carbocycles. The predicted molar refractivity (Wildman–Crippen MR) is 82.4 cm³/mol. The molecule has 0 fully saturated rings. The van der Waals surface area contributed by atoms with Crippen LogP contribution in [0.1, 0.15) is 26.4 Å². The first-order valence-electron chi connectivity index (χ1n) is 5.79. The van der Waals surface area contributed by atoms with Gasteiger partial charge in [-0.1, -0.05) is 15.9 Å². The third kappa shape index (κ3) is 2.91. The minimum absolute atomic E-state index is 0.00895. The van der Waals surface area contributed by atoms with Crippen molar-refractivity contribution in [3.63, 3.8) is 0 Å². The molecule has 1 heterocycles. The van der Waals surface area contributed by atoms with Crippen molar-refractivity contribution < 1.29 is 19.8 Å². The number of hydrogen-bond acceptors (Lipinski definition) is 5. The van der Waals surface area contributed by atoms with Gasteiger partial charge in [0.05, 0.1) is 11.3 Å². The van der Waals surface area contributed by atoms with Crippen molar-refractivity contribution in [2.45, 2.75) is 6.92 Å². The van der Waals surface area contributed by atoms with E-state index in [1.54, 1.807) is 13.0 Å². The zero-order valence-electron chi connectivity index (χ0n) is 11.1. The van der Waals surface area contributed by atoms with E-state index < -0.39 is 11.9 Å². The van der Waals surface area contributed by atoms with Crippen LogP contribution in [0.3, 0.4) is 0 Å². The molecular weight excluding hydrogens is 360 g/mol. The number of rotatable bonds is 3. The number of carbonyl (C=O) groups excluding carboxylic acids is 1. The van der Waals surface area contributed by atoms with E-state index in [1.807, 2.05) is 0 Å². The molecule has 0 bridgehead atoms. The van der Waals surface area contributed by atoms with Gasteiger partial charge < -0.3 is 15.1 Å². The van der Waals surface area contributed by atoms with Gasteiger partial charge in [-0.05, 0) is 36.7 Å². The maximum Gasteiger partial charge on any atom is 0.340 e. The van der Waals surface area contributed by atoms with Gasteiger partial charge in [0.25, 0.3) is 5.91 Å². The molecule has 0 saturated carbocycles. The Labute approximate surface area is 132 Å². The van der Waals surface area contributed by atoms with Gasteiger partial charge in [0.1, 0.15) is 16.3 Å². The molecule has 0 radical (unpaired) electrons. The van der Waals surface area contributed by atoms with E-state index in [9.17, 15) is 19.8 Å². The summed E-state index contributed by atoms with van der Waals surface area (Å²) in [6, 6.07) is 4.47. The lowest BCUT2D eigenvalue weighted by Crippen LogP contribution is -2.27. The fraction of sp³-hybridized carbons (Fsp3) is 0.154. The summed E-state index contributed by atoms with van der Waals surface area (Å²) in [7, 11) is 1.45. The number of phenolic OH excluding ortho intramolecular Hbond substituents is 1. The number of benzene rings is 1. The lowest BCUT2D eigenvalue weighted by molar-refractivity contribution is 0.0697. The van der Waals surface area contributed by atoms with Gasteiger partial charge in [-0.3, -0.25) is 4.79 Å². The number of carbonyl (C=O) groups is 2. The van der Waals surface area contributed by atoms with Crippen molar-refractivity contribution in [2.75, 3.05) is 11.9 Å². The van der Waals surface area contributed by atoms with Gasteiger partial charge in [-0.2, -0.15) is 4.37 Å². The molecule has 0 spiro atoms. The predicted octanol–water partition coefficient (Wildman–Crippen LogP) is 2.89. The van der Waals surface area contributed by atoms with Crippen LogP contribution < -0.4 is 4.90 Å². The van der Waals surface area contributed by atoms with Crippen molar-refractivity contribution in [1.82, 2.24) is 4.37 Å². The van der Waals surface area contributed by atoms with Gasteiger partial charge in [-0.15, -0.1) is 0 Å². The molecule has 1 aromatic carbocycles. The number of carboxylic acid groups (broad SMARTS) is 1. The highest BCUT2D eigenvalue weighted by Gasteiger charge is 2.26. The molecule has 6 nitrogen and oxygen atoms in total. The number of aromatic carboxylic acids is 1. The highest BCUT2D eigenvalue weighted by molar-refractivity contribution is 9.10. The van der Waals surface area contributed by atoms with E-state index >= 15 is 0 Å². The maximum absolute atomic E-state index is 12.4. The number of aryl methyl sites for hydroxylation is 1. The Morgan fingerprint density at radius 1 is 1.38 bits per heavy atom. The minimum atomic E-state index is -1.14. The third-order valence-corrected chi connectivity index (χ3v) is 4.37. The average Bonchev–Trinajstić information content (AvgIpc) is 2.81. The number of aromatic nitrogens is 1. The minimum Gasteiger partial charge on any atom is -0.507 e. The molecule has 0 atom stereocenters. The maximum atomic E-state index is 12.4. The molecule has 1 amide bonds. The highest BCUT2D eigenvalue weighted by Crippen LogP contribution is 2.31. The molecule has 2 N–H and O–H groups in total.